The summed E-state index contributed by atoms with van der Waals surface area (Å²) in [7, 11) is 0. The minimum absolute atomic E-state index is 0.0789. The number of aryl methyl sites for hydroxylation is 2. The number of esters is 1. The SMILES string of the molecule is CC[C@@H](O)[C@@H](O)[C@@H](O)COC(=O)c1ccc(CCC[C@@H]2[C@@H](CCc3cc(Cl)cc(Cl)c3)[C@H](O)C[C@H]2Cl)s1. The molecule has 1 aromatic heterocycles. The molecule has 0 spiro atoms. The Balaban J connectivity index is 1.47. The lowest BCUT2D eigenvalue weighted by molar-refractivity contribution is -0.0802. The molecule has 10 heteroatoms. The van der Waals surface area contributed by atoms with Crippen LogP contribution in [0.5, 0.6) is 0 Å². The van der Waals surface area contributed by atoms with Gasteiger partial charge in [-0.25, -0.2) is 4.79 Å². The number of thiophene rings is 1. The highest BCUT2D eigenvalue weighted by Crippen LogP contribution is 2.42. The summed E-state index contributed by atoms with van der Waals surface area (Å²) in [5, 5.41) is 41.1. The van der Waals surface area contributed by atoms with E-state index in [9.17, 15) is 25.2 Å². The Morgan fingerprint density at radius 3 is 2.43 bits per heavy atom. The van der Waals surface area contributed by atoms with E-state index in [4.69, 9.17) is 39.5 Å². The van der Waals surface area contributed by atoms with Gasteiger partial charge in [-0.3, -0.25) is 0 Å². The van der Waals surface area contributed by atoms with Gasteiger partial charge in [-0.1, -0.05) is 30.1 Å². The normalized spacial score (nSPS) is 24.1. The largest absolute Gasteiger partial charge is 0.459 e. The van der Waals surface area contributed by atoms with E-state index < -0.39 is 37.0 Å². The summed E-state index contributed by atoms with van der Waals surface area (Å²) in [5.41, 5.74) is 1.04. The number of rotatable bonds is 13. The lowest BCUT2D eigenvalue weighted by atomic mass is 9.85. The van der Waals surface area contributed by atoms with Crippen LogP contribution in [0.25, 0.3) is 0 Å². The summed E-state index contributed by atoms with van der Waals surface area (Å²) in [5.74, 6) is -0.279. The van der Waals surface area contributed by atoms with Gasteiger partial charge < -0.3 is 25.2 Å². The Morgan fingerprint density at radius 1 is 1.05 bits per heavy atom. The van der Waals surface area contributed by atoms with Crippen molar-refractivity contribution >= 4 is 52.1 Å². The molecule has 0 bridgehead atoms. The molecule has 206 valence electrons. The van der Waals surface area contributed by atoms with Crippen LogP contribution in [0.1, 0.15) is 59.1 Å². The third-order valence-corrected chi connectivity index (χ3v) is 9.14. The summed E-state index contributed by atoms with van der Waals surface area (Å²) in [6.45, 7) is 1.29. The van der Waals surface area contributed by atoms with Crippen LogP contribution in [0.15, 0.2) is 30.3 Å². The molecule has 1 saturated carbocycles. The van der Waals surface area contributed by atoms with Crippen molar-refractivity contribution in [3.63, 3.8) is 0 Å². The number of carbonyl (C=O) groups is 1. The van der Waals surface area contributed by atoms with Gasteiger partial charge in [-0.15, -0.1) is 22.9 Å². The minimum Gasteiger partial charge on any atom is -0.459 e. The van der Waals surface area contributed by atoms with Crippen LogP contribution < -0.4 is 0 Å². The zero-order valence-electron chi connectivity index (χ0n) is 20.7. The molecule has 1 aromatic carbocycles. The average molecular weight is 594 g/mol. The number of hydrogen-bond donors (Lipinski definition) is 4. The smallest absolute Gasteiger partial charge is 0.348 e. The Bertz CT molecular complexity index is 998. The molecule has 1 heterocycles. The predicted molar refractivity (Wildman–Crippen MR) is 148 cm³/mol. The van der Waals surface area contributed by atoms with E-state index in [1.807, 2.05) is 18.2 Å². The van der Waals surface area contributed by atoms with E-state index in [1.54, 1.807) is 19.1 Å². The van der Waals surface area contributed by atoms with E-state index in [0.717, 1.165) is 42.5 Å². The first-order valence-electron chi connectivity index (χ1n) is 12.7. The van der Waals surface area contributed by atoms with Crippen molar-refractivity contribution in [2.75, 3.05) is 6.61 Å². The zero-order chi connectivity index (χ0) is 27.1. The molecule has 0 unspecified atom stereocenters. The second-order valence-corrected chi connectivity index (χ2v) is 12.4. The van der Waals surface area contributed by atoms with Gasteiger partial charge >= 0.3 is 5.97 Å². The summed E-state index contributed by atoms with van der Waals surface area (Å²) in [6.07, 6.45) is 0.704. The van der Waals surface area contributed by atoms with Crippen LogP contribution >= 0.6 is 46.1 Å². The van der Waals surface area contributed by atoms with Crippen LogP contribution in [-0.2, 0) is 17.6 Å². The number of aliphatic hydroxyl groups excluding tert-OH is 4. The number of alkyl halides is 1. The summed E-state index contributed by atoms with van der Waals surface area (Å²) >= 11 is 20.2. The number of benzene rings is 1. The van der Waals surface area contributed by atoms with E-state index in [0.29, 0.717) is 21.3 Å². The van der Waals surface area contributed by atoms with Crippen molar-refractivity contribution in [3.05, 3.63) is 55.7 Å². The van der Waals surface area contributed by atoms with Gasteiger partial charge in [0.15, 0.2) is 0 Å². The zero-order valence-corrected chi connectivity index (χ0v) is 23.8. The maximum Gasteiger partial charge on any atom is 0.348 e. The molecular weight excluding hydrogens is 559 g/mol. The van der Waals surface area contributed by atoms with E-state index in [2.05, 4.69) is 0 Å². The first-order chi connectivity index (χ1) is 17.6. The van der Waals surface area contributed by atoms with Gasteiger partial charge in [0.05, 0.1) is 12.2 Å². The lowest BCUT2D eigenvalue weighted by Crippen LogP contribution is -2.40. The molecule has 2 aromatic rings. The third kappa shape index (κ3) is 8.80. The molecule has 0 saturated heterocycles. The fourth-order valence-electron chi connectivity index (χ4n) is 4.99. The molecule has 7 atom stereocenters. The first-order valence-corrected chi connectivity index (χ1v) is 14.7. The van der Waals surface area contributed by atoms with Crippen LogP contribution in [0, 0.1) is 11.8 Å². The Morgan fingerprint density at radius 2 is 1.76 bits per heavy atom. The van der Waals surface area contributed by atoms with Crippen molar-refractivity contribution in [2.45, 2.75) is 81.7 Å². The van der Waals surface area contributed by atoms with Gasteiger partial charge in [-0.2, -0.15) is 0 Å². The third-order valence-electron chi connectivity index (χ3n) is 7.08. The van der Waals surface area contributed by atoms with Gasteiger partial charge in [-0.05, 0) is 92.7 Å². The maximum absolute atomic E-state index is 12.3. The van der Waals surface area contributed by atoms with Crippen LogP contribution in [0.3, 0.4) is 0 Å². The number of ether oxygens (including phenoxy) is 1. The molecule has 0 radical (unpaired) electrons. The molecule has 1 fully saturated rings. The molecule has 37 heavy (non-hydrogen) atoms. The Labute approximate surface area is 237 Å². The quantitative estimate of drug-likeness (QED) is 0.186. The summed E-state index contributed by atoms with van der Waals surface area (Å²) in [6, 6.07) is 9.08. The molecule has 6 nitrogen and oxygen atoms in total. The van der Waals surface area contributed by atoms with Crippen molar-refractivity contribution in [3.8, 4) is 0 Å². The summed E-state index contributed by atoms with van der Waals surface area (Å²) < 4.78 is 5.11. The van der Waals surface area contributed by atoms with Gasteiger partial charge in [0, 0.05) is 20.3 Å². The molecule has 1 aliphatic rings. The molecule has 0 aliphatic heterocycles. The van der Waals surface area contributed by atoms with Crippen molar-refractivity contribution < 1.29 is 30.0 Å². The van der Waals surface area contributed by atoms with Gasteiger partial charge in [0.2, 0.25) is 0 Å². The molecule has 3 rings (SSSR count). The van der Waals surface area contributed by atoms with E-state index in [-0.39, 0.29) is 23.6 Å². The first kappa shape index (κ1) is 30.6. The van der Waals surface area contributed by atoms with E-state index in [1.165, 1.54) is 11.3 Å². The van der Waals surface area contributed by atoms with Crippen LogP contribution in [-0.4, -0.2) is 62.8 Å². The average Bonchev–Trinajstić information content (AvgIpc) is 3.43. The highest BCUT2D eigenvalue weighted by molar-refractivity contribution is 7.13. The second kappa shape index (κ2) is 14.5. The summed E-state index contributed by atoms with van der Waals surface area (Å²) in [4.78, 5) is 13.8. The fraction of sp³-hybridized carbons (Fsp3) is 0.593. The van der Waals surface area contributed by atoms with Crippen molar-refractivity contribution in [1.82, 2.24) is 0 Å². The number of aliphatic hydroxyl groups is 4. The molecule has 0 amide bonds. The molecular formula is C27H35Cl3O6S. The van der Waals surface area contributed by atoms with E-state index >= 15 is 0 Å². The van der Waals surface area contributed by atoms with Gasteiger partial charge in [0.1, 0.15) is 23.7 Å². The number of carbonyl (C=O) groups excluding carboxylic acids is 1. The monoisotopic (exact) mass is 592 g/mol. The lowest BCUT2D eigenvalue weighted by Gasteiger charge is -2.23. The molecule has 1 aliphatic carbocycles. The molecule has 4 N–H and O–H groups in total. The maximum atomic E-state index is 12.3. The Hall–Kier alpha value is -0.900. The minimum atomic E-state index is -1.37. The highest BCUT2D eigenvalue weighted by atomic mass is 35.5. The highest BCUT2D eigenvalue weighted by Gasteiger charge is 2.40. The van der Waals surface area contributed by atoms with Crippen molar-refractivity contribution in [1.29, 1.82) is 0 Å². The topological polar surface area (TPSA) is 107 Å². The number of hydrogen-bond acceptors (Lipinski definition) is 7. The van der Waals surface area contributed by atoms with Crippen LogP contribution in [0.2, 0.25) is 10.0 Å². The Kier molecular flexibility index (Phi) is 12.0. The van der Waals surface area contributed by atoms with Crippen LogP contribution in [0.4, 0.5) is 0 Å². The van der Waals surface area contributed by atoms with Crippen molar-refractivity contribution in [2.24, 2.45) is 11.8 Å². The van der Waals surface area contributed by atoms with Gasteiger partial charge in [0.25, 0.3) is 0 Å². The number of halogens is 3. The standard InChI is InChI=1S/C27H35Cl3O6S/c1-2-22(31)26(34)24(33)14-36-27(35)25-9-7-18(37-25)4-3-5-19-20(23(32)13-21(19)30)8-6-15-10-16(28)12-17(29)11-15/h7,9-12,19-24,26,31-34H,2-6,8,13-14H2,1H3/t19-,20-,21-,22-,23-,24+,26-/m1/s1. The fourth-order valence-corrected chi connectivity index (χ4v) is 7.00. The second-order valence-electron chi connectivity index (χ2n) is 9.75. The predicted octanol–water partition coefficient (Wildman–Crippen LogP) is 5.26.